The zero-order chi connectivity index (χ0) is 12.6. The molecule has 0 fully saturated rings. The molecule has 0 saturated carbocycles. The van der Waals surface area contributed by atoms with Crippen molar-refractivity contribution < 1.29 is 9.59 Å². The van der Waals surface area contributed by atoms with E-state index in [4.69, 9.17) is 5.11 Å². The normalized spacial score (nSPS) is 14.4. The predicted octanol–water partition coefficient (Wildman–Crippen LogP) is -0.158. The first-order valence-electron chi connectivity index (χ1n) is 6.15. The Morgan fingerprint density at radius 3 is 2.38 bits per heavy atom. The lowest BCUT2D eigenvalue weighted by atomic mass is 10.2. The standard InChI is InChI=1S/C12H30N3O/c1-12(11-16)10-13-6-8-15(4,5)9-7-14(2)3/h12-13,16H,6-11H2,1-5H3/q+1. The second kappa shape index (κ2) is 8.01. The summed E-state index contributed by atoms with van der Waals surface area (Å²) in [5.74, 6) is 0.359. The molecular weight excluding hydrogens is 202 g/mol. The predicted molar refractivity (Wildman–Crippen MR) is 69.5 cm³/mol. The van der Waals surface area contributed by atoms with E-state index in [1.165, 1.54) is 6.54 Å². The molecule has 4 heteroatoms. The van der Waals surface area contributed by atoms with E-state index in [1.807, 2.05) is 0 Å². The molecule has 1 atom stereocenters. The number of nitrogens with one attached hydrogen (secondary N) is 1. The van der Waals surface area contributed by atoms with Crippen molar-refractivity contribution >= 4 is 0 Å². The van der Waals surface area contributed by atoms with Crippen molar-refractivity contribution in [2.45, 2.75) is 6.92 Å². The lowest BCUT2D eigenvalue weighted by Gasteiger charge is -2.31. The van der Waals surface area contributed by atoms with Crippen LogP contribution in [0.15, 0.2) is 0 Å². The molecule has 0 bridgehead atoms. The zero-order valence-corrected chi connectivity index (χ0v) is 11.7. The summed E-state index contributed by atoms with van der Waals surface area (Å²) < 4.78 is 1.04. The number of quaternary nitrogens is 1. The van der Waals surface area contributed by atoms with Crippen LogP contribution in [0.1, 0.15) is 6.92 Å². The molecule has 0 aliphatic heterocycles. The summed E-state index contributed by atoms with van der Waals surface area (Å²) in [6.45, 7) is 7.68. The summed E-state index contributed by atoms with van der Waals surface area (Å²) in [6, 6.07) is 0. The molecule has 2 N–H and O–H groups in total. The van der Waals surface area contributed by atoms with Crippen LogP contribution in [0.4, 0.5) is 0 Å². The minimum Gasteiger partial charge on any atom is -0.396 e. The molecule has 0 spiro atoms. The molecule has 1 unspecified atom stereocenters. The first kappa shape index (κ1) is 15.8. The molecule has 0 amide bonds. The van der Waals surface area contributed by atoms with Crippen LogP contribution in [0.5, 0.6) is 0 Å². The molecule has 0 aliphatic rings. The van der Waals surface area contributed by atoms with Crippen molar-refractivity contribution in [3.05, 3.63) is 0 Å². The summed E-state index contributed by atoms with van der Waals surface area (Å²) in [5, 5.41) is 12.3. The largest absolute Gasteiger partial charge is 0.396 e. The van der Waals surface area contributed by atoms with Gasteiger partial charge in [-0.3, -0.25) is 0 Å². The van der Waals surface area contributed by atoms with Crippen molar-refractivity contribution in [1.82, 2.24) is 10.2 Å². The highest BCUT2D eigenvalue weighted by molar-refractivity contribution is 4.54. The Kier molecular flexibility index (Phi) is 7.93. The Morgan fingerprint density at radius 2 is 1.88 bits per heavy atom. The highest BCUT2D eigenvalue weighted by Crippen LogP contribution is 1.96. The fourth-order valence-electron chi connectivity index (χ4n) is 1.38. The highest BCUT2D eigenvalue weighted by atomic mass is 16.3. The van der Waals surface area contributed by atoms with E-state index in [-0.39, 0.29) is 6.61 Å². The van der Waals surface area contributed by atoms with Gasteiger partial charge in [0.15, 0.2) is 0 Å². The van der Waals surface area contributed by atoms with E-state index in [9.17, 15) is 0 Å². The number of likely N-dealkylation sites (N-methyl/N-ethyl adjacent to an activating group) is 2. The Morgan fingerprint density at radius 1 is 1.25 bits per heavy atom. The summed E-state index contributed by atoms with van der Waals surface area (Å²) in [6.07, 6.45) is 0. The highest BCUT2D eigenvalue weighted by Gasteiger charge is 2.14. The van der Waals surface area contributed by atoms with Crippen LogP contribution in [0.25, 0.3) is 0 Å². The third-order valence-electron chi connectivity index (χ3n) is 2.85. The minimum atomic E-state index is 0.270. The first-order chi connectivity index (χ1) is 7.37. The fraction of sp³-hybridized carbons (Fsp3) is 1.00. The maximum atomic E-state index is 8.89. The van der Waals surface area contributed by atoms with Crippen LogP contribution < -0.4 is 5.32 Å². The second-order valence-electron chi connectivity index (χ2n) is 5.68. The maximum absolute atomic E-state index is 8.89. The van der Waals surface area contributed by atoms with E-state index in [0.29, 0.717) is 5.92 Å². The van der Waals surface area contributed by atoms with Crippen LogP contribution in [-0.4, -0.2) is 82.0 Å². The van der Waals surface area contributed by atoms with Crippen molar-refractivity contribution in [3.63, 3.8) is 0 Å². The monoisotopic (exact) mass is 232 g/mol. The zero-order valence-electron chi connectivity index (χ0n) is 11.7. The van der Waals surface area contributed by atoms with Gasteiger partial charge in [0.25, 0.3) is 0 Å². The van der Waals surface area contributed by atoms with Gasteiger partial charge < -0.3 is 19.8 Å². The van der Waals surface area contributed by atoms with Gasteiger partial charge in [0.1, 0.15) is 0 Å². The Hall–Kier alpha value is -0.160. The van der Waals surface area contributed by atoms with Crippen LogP contribution in [0.3, 0.4) is 0 Å². The van der Waals surface area contributed by atoms with Crippen LogP contribution in [-0.2, 0) is 0 Å². The molecule has 0 radical (unpaired) electrons. The molecule has 0 aromatic heterocycles. The number of rotatable bonds is 9. The SMILES string of the molecule is CC(CO)CNCC[N+](C)(C)CCN(C)C. The van der Waals surface area contributed by atoms with Crippen LogP contribution in [0.2, 0.25) is 0 Å². The van der Waals surface area contributed by atoms with Gasteiger partial charge in [0.05, 0.1) is 27.2 Å². The van der Waals surface area contributed by atoms with E-state index in [0.717, 1.165) is 30.7 Å². The van der Waals surface area contributed by atoms with Crippen molar-refractivity contribution in [2.24, 2.45) is 5.92 Å². The summed E-state index contributed by atoms with van der Waals surface area (Å²) in [5.41, 5.74) is 0. The fourth-order valence-corrected chi connectivity index (χ4v) is 1.38. The number of hydrogen-bond donors (Lipinski definition) is 2. The molecule has 0 aromatic rings. The molecular formula is C12H30N3O+. The van der Waals surface area contributed by atoms with Gasteiger partial charge in [0, 0.05) is 26.2 Å². The van der Waals surface area contributed by atoms with Crippen molar-refractivity contribution in [1.29, 1.82) is 0 Å². The molecule has 0 aliphatic carbocycles. The topological polar surface area (TPSA) is 35.5 Å². The molecule has 16 heavy (non-hydrogen) atoms. The van der Waals surface area contributed by atoms with Gasteiger partial charge in [-0.15, -0.1) is 0 Å². The lowest BCUT2D eigenvalue weighted by Crippen LogP contribution is -2.48. The molecule has 4 nitrogen and oxygen atoms in total. The number of aliphatic hydroxyl groups excluding tert-OH is 1. The Labute approximate surface area is 101 Å². The average molecular weight is 232 g/mol. The van der Waals surface area contributed by atoms with E-state index in [2.05, 4.69) is 45.3 Å². The average Bonchev–Trinajstić information content (AvgIpc) is 2.21. The van der Waals surface area contributed by atoms with Gasteiger partial charge in [-0.25, -0.2) is 0 Å². The molecule has 0 heterocycles. The van der Waals surface area contributed by atoms with Crippen molar-refractivity contribution in [2.75, 3.05) is 67.5 Å². The van der Waals surface area contributed by atoms with Gasteiger partial charge in [-0.1, -0.05) is 6.92 Å². The summed E-state index contributed by atoms with van der Waals surface area (Å²) in [7, 11) is 8.75. The number of nitrogens with zero attached hydrogens (tertiary/aromatic N) is 2. The quantitative estimate of drug-likeness (QED) is 0.428. The molecule has 0 saturated heterocycles. The first-order valence-corrected chi connectivity index (χ1v) is 6.15. The minimum absolute atomic E-state index is 0.270. The van der Waals surface area contributed by atoms with Gasteiger partial charge in [0.2, 0.25) is 0 Å². The van der Waals surface area contributed by atoms with E-state index < -0.39 is 0 Å². The van der Waals surface area contributed by atoms with Gasteiger partial charge in [-0.05, 0) is 20.0 Å². The number of aliphatic hydroxyl groups is 1. The van der Waals surface area contributed by atoms with E-state index in [1.54, 1.807) is 0 Å². The Balaban J connectivity index is 3.57. The van der Waals surface area contributed by atoms with Gasteiger partial charge in [-0.2, -0.15) is 0 Å². The molecule has 0 rings (SSSR count). The number of hydrogen-bond acceptors (Lipinski definition) is 3. The lowest BCUT2D eigenvalue weighted by molar-refractivity contribution is -0.888. The molecule has 98 valence electrons. The Bertz CT molecular complexity index is 172. The smallest absolute Gasteiger partial charge is 0.0911 e. The third kappa shape index (κ3) is 9.09. The summed E-state index contributed by atoms with van der Waals surface area (Å²) >= 11 is 0. The maximum Gasteiger partial charge on any atom is 0.0911 e. The van der Waals surface area contributed by atoms with Gasteiger partial charge >= 0.3 is 0 Å². The van der Waals surface area contributed by atoms with Crippen LogP contribution >= 0.6 is 0 Å². The van der Waals surface area contributed by atoms with Crippen molar-refractivity contribution in [3.8, 4) is 0 Å². The summed E-state index contributed by atoms with van der Waals surface area (Å²) in [4.78, 5) is 2.22. The second-order valence-corrected chi connectivity index (χ2v) is 5.68. The van der Waals surface area contributed by atoms with E-state index >= 15 is 0 Å². The third-order valence-corrected chi connectivity index (χ3v) is 2.85. The molecule has 0 aromatic carbocycles. The van der Waals surface area contributed by atoms with Crippen LogP contribution in [0, 0.1) is 5.92 Å².